The van der Waals surface area contributed by atoms with E-state index >= 15 is 0 Å². The Balaban J connectivity index is 2.15. The number of aliphatic hydroxyl groups excluding tert-OH is 1. The van der Waals surface area contributed by atoms with Crippen LogP contribution in [0.4, 0.5) is 4.39 Å². The Morgan fingerprint density at radius 2 is 1.83 bits per heavy atom. The van der Waals surface area contributed by atoms with E-state index in [1.807, 2.05) is 13.0 Å². The molecule has 158 valence electrons. The number of esters is 1. The molecule has 0 heterocycles. The van der Waals surface area contributed by atoms with Gasteiger partial charge < -0.3 is 9.84 Å². The average Bonchev–Trinajstić information content (AvgIpc) is 2.73. The highest BCUT2D eigenvalue weighted by molar-refractivity contribution is 7.89. The number of carbonyl (C=O) groups excluding carboxylic acids is 1. The van der Waals surface area contributed by atoms with E-state index < -0.39 is 15.8 Å². The molecule has 3 aromatic rings. The Morgan fingerprint density at radius 3 is 2.47 bits per heavy atom. The lowest BCUT2D eigenvalue weighted by molar-refractivity contribution is -0.139. The molecule has 2 N–H and O–H groups in total. The molecule has 0 radical (unpaired) electrons. The lowest BCUT2D eigenvalue weighted by Gasteiger charge is -2.16. The number of halogens is 1. The number of aliphatic hydroxyl groups is 1. The second kappa shape index (κ2) is 8.91. The Hall–Kier alpha value is -2.81. The summed E-state index contributed by atoms with van der Waals surface area (Å²) in [7, 11) is -2.42. The average molecular weight is 431 g/mol. The molecule has 0 saturated heterocycles. The van der Waals surface area contributed by atoms with Gasteiger partial charge in [0.1, 0.15) is 5.82 Å². The molecule has 0 fully saturated rings. The minimum atomic E-state index is -3.74. The van der Waals surface area contributed by atoms with E-state index in [0.717, 1.165) is 22.1 Å². The van der Waals surface area contributed by atoms with Gasteiger partial charge in [0, 0.05) is 6.54 Å². The number of fused-ring (bicyclic) bond motifs is 1. The van der Waals surface area contributed by atoms with E-state index in [0.29, 0.717) is 10.9 Å². The number of benzene rings is 3. The third kappa shape index (κ3) is 4.51. The maximum absolute atomic E-state index is 14.0. The van der Waals surface area contributed by atoms with Crippen molar-refractivity contribution in [1.29, 1.82) is 0 Å². The SMILES string of the molecule is COC(=O)Cc1cc2ccc(F)cc2c(-c2ccc(S(=O)(=O)NCCO)cc2)c1C. The molecule has 0 bridgehead atoms. The maximum atomic E-state index is 14.0. The second-order valence-electron chi connectivity index (χ2n) is 6.80. The van der Waals surface area contributed by atoms with Gasteiger partial charge in [-0.15, -0.1) is 0 Å². The van der Waals surface area contributed by atoms with Crippen molar-refractivity contribution in [3.63, 3.8) is 0 Å². The Bertz CT molecular complexity index is 1190. The standard InChI is InChI=1S/C22H22FNO5S/c1-14-17(12-21(26)29-2)11-16-3-6-18(23)13-20(16)22(14)15-4-7-19(8-5-15)30(27,28)24-9-10-25/h3-8,11,13,24-25H,9-10,12H2,1-2H3. The van der Waals surface area contributed by atoms with Crippen LogP contribution >= 0.6 is 0 Å². The first-order valence-electron chi connectivity index (χ1n) is 9.26. The summed E-state index contributed by atoms with van der Waals surface area (Å²) in [5.74, 6) is -0.779. The van der Waals surface area contributed by atoms with Crippen LogP contribution in [0.2, 0.25) is 0 Å². The van der Waals surface area contributed by atoms with Crippen LogP contribution in [0, 0.1) is 12.7 Å². The summed E-state index contributed by atoms with van der Waals surface area (Å²) in [6.45, 7) is 1.45. The molecule has 0 unspecified atom stereocenters. The number of rotatable bonds is 7. The van der Waals surface area contributed by atoms with Crippen molar-refractivity contribution in [2.75, 3.05) is 20.3 Å². The van der Waals surface area contributed by atoms with Crippen LogP contribution in [-0.4, -0.2) is 39.8 Å². The molecule has 3 aromatic carbocycles. The highest BCUT2D eigenvalue weighted by atomic mass is 32.2. The fourth-order valence-corrected chi connectivity index (χ4v) is 4.40. The van der Waals surface area contributed by atoms with Gasteiger partial charge in [-0.2, -0.15) is 0 Å². The molecule has 8 heteroatoms. The fourth-order valence-electron chi connectivity index (χ4n) is 3.38. The van der Waals surface area contributed by atoms with Crippen LogP contribution in [0.15, 0.2) is 53.4 Å². The van der Waals surface area contributed by atoms with Gasteiger partial charge in [0.05, 0.1) is 25.0 Å². The fraction of sp³-hybridized carbons (Fsp3) is 0.227. The van der Waals surface area contributed by atoms with Crippen molar-refractivity contribution in [3.05, 3.63) is 65.5 Å². The maximum Gasteiger partial charge on any atom is 0.309 e. The predicted molar refractivity (Wildman–Crippen MR) is 112 cm³/mol. The summed E-state index contributed by atoms with van der Waals surface area (Å²) in [5.41, 5.74) is 2.94. The summed E-state index contributed by atoms with van der Waals surface area (Å²) in [4.78, 5) is 11.9. The van der Waals surface area contributed by atoms with E-state index in [9.17, 15) is 17.6 Å². The number of methoxy groups -OCH3 is 1. The molecular weight excluding hydrogens is 409 g/mol. The predicted octanol–water partition coefficient (Wildman–Crippen LogP) is 2.94. The normalized spacial score (nSPS) is 11.6. The molecule has 3 rings (SSSR count). The Labute approximate surface area is 174 Å². The molecule has 6 nitrogen and oxygen atoms in total. The van der Waals surface area contributed by atoms with Crippen LogP contribution in [0.25, 0.3) is 21.9 Å². The van der Waals surface area contributed by atoms with Gasteiger partial charge in [0.2, 0.25) is 10.0 Å². The van der Waals surface area contributed by atoms with Crippen LogP contribution in [0.3, 0.4) is 0 Å². The number of sulfonamides is 1. The minimum Gasteiger partial charge on any atom is -0.469 e. The molecule has 0 aliphatic rings. The second-order valence-corrected chi connectivity index (χ2v) is 8.57. The highest BCUT2D eigenvalue weighted by Crippen LogP contribution is 2.35. The topological polar surface area (TPSA) is 92.7 Å². The number of nitrogens with one attached hydrogen (secondary N) is 1. The van der Waals surface area contributed by atoms with Gasteiger partial charge in [-0.3, -0.25) is 4.79 Å². The number of carbonyl (C=O) groups is 1. The molecule has 30 heavy (non-hydrogen) atoms. The van der Waals surface area contributed by atoms with Gasteiger partial charge >= 0.3 is 5.97 Å². The van der Waals surface area contributed by atoms with E-state index in [1.165, 1.54) is 31.4 Å². The summed E-state index contributed by atoms with van der Waals surface area (Å²) >= 11 is 0. The van der Waals surface area contributed by atoms with E-state index in [-0.39, 0.29) is 30.4 Å². The largest absolute Gasteiger partial charge is 0.469 e. The van der Waals surface area contributed by atoms with E-state index in [1.54, 1.807) is 18.2 Å². The Kier molecular flexibility index (Phi) is 6.50. The molecule has 0 saturated carbocycles. The van der Waals surface area contributed by atoms with Crippen molar-refractivity contribution in [3.8, 4) is 11.1 Å². The molecule has 0 aliphatic carbocycles. The van der Waals surface area contributed by atoms with Crippen molar-refractivity contribution in [2.45, 2.75) is 18.2 Å². The van der Waals surface area contributed by atoms with Crippen LogP contribution < -0.4 is 4.72 Å². The van der Waals surface area contributed by atoms with Crippen LogP contribution in [-0.2, 0) is 26.0 Å². The first kappa shape index (κ1) is 21.9. The van der Waals surface area contributed by atoms with Crippen LogP contribution in [0.5, 0.6) is 0 Å². The third-order valence-corrected chi connectivity index (χ3v) is 6.37. The zero-order valence-electron chi connectivity index (χ0n) is 16.6. The minimum absolute atomic E-state index is 0.0542. The summed E-state index contributed by atoms with van der Waals surface area (Å²) < 4.78 is 45.6. The summed E-state index contributed by atoms with van der Waals surface area (Å²) in [6, 6.07) is 12.4. The summed E-state index contributed by atoms with van der Waals surface area (Å²) in [6.07, 6.45) is 0.0696. The van der Waals surface area contributed by atoms with Crippen molar-refractivity contribution in [2.24, 2.45) is 0 Å². The van der Waals surface area contributed by atoms with Gasteiger partial charge in [0.25, 0.3) is 0 Å². The first-order valence-corrected chi connectivity index (χ1v) is 10.7. The third-order valence-electron chi connectivity index (χ3n) is 4.89. The molecule has 0 aromatic heterocycles. The molecule has 0 amide bonds. The molecular formula is C22H22FNO5S. The number of ether oxygens (including phenoxy) is 1. The number of hydrogen-bond acceptors (Lipinski definition) is 5. The van der Waals surface area contributed by atoms with Gasteiger partial charge in [-0.25, -0.2) is 17.5 Å². The monoisotopic (exact) mass is 431 g/mol. The van der Waals surface area contributed by atoms with Crippen molar-refractivity contribution >= 4 is 26.8 Å². The van der Waals surface area contributed by atoms with Gasteiger partial charge in [-0.1, -0.05) is 24.3 Å². The first-order chi connectivity index (χ1) is 14.3. The van der Waals surface area contributed by atoms with Gasteiger partial charge in [-0.05, 0) is 64.2 Å². The quantitative estimate of drug-likeness (QED) is 0.561. The zero-order valence-corrected chi connectivity index (χ0v) is 17.4. The Morgan fingerprint density at radius 1 is 1.13 bits per heavy atom. The highest BCUT2D eigenvalue weighted by Gasteiger charge is 2.17. The van der Waals surface area contributed by atoms with Gasteiger partial charge in [0.15, 0.2) is 0 Å². The van der Waals surface area contributed by atoms with E-state index in [2.05, 4.69) is 4.72 Å². The van der Waals surface area contributed by atoms with E-state index in [4.69, 9.17) is 9.84 Å². The lowest BCUT2D eigenvalue weighted by atomic mass is 9.89. The molecule has 0 atom stereocenters. The molecule has 0 spiro atoms. The zero-order chi connectivity index (χ0) is 21.9. The molecule has 0 aliphatic heterocycles. The summed E-state index contributed by atoms with van der Waals surface area (Å²) in [5, 5.41) is 10.3. The van der Waals surface area contributed by atoms with Crippen molar-refractivity contribution < 1.29 is 27.4 Å². The number of hydrogen-bond donors (Lipinski definition) is 2. The smallest absolute Gasteiger partial charge is 0.309 e. The van der Waals surface area contributed by atoms with Crippen LogP contribution in [0.1, 0.15) is 11.1 Å². The lowest BCUT2D eigenvalue weighted by Crippen LogP contribution is -2.26. The van der Waals surface area contributed by atoms with Crippen molar-refractivity contribution in [1.82, 2.24) is 4.72 Å².